The molecule has 0 bridgehead atoms. The summed E-state index contributed by atoms with van der Waals surface area (Å²) in [5.41, 5.74) is 3.29. The molecule has 1 fully saturated rings. The number of benzene rings is 1. The fourth-order valence-corrected chi connectivity index (χ4v) is 3.36. The molecule has 23 heavy (non-hydrogen) atoms. The summed E-state index contributed by atoms with van der Waals surface area (Å²) in [7, 11) is 0. The van der Waals surface area contributed by atoms with Gasteiger partial charge in [-0.3, -0.25) is 4.79 Å². The lowest BCUT2D eigenvalue weighted by atomic mass is 10.1. The van der Waals surface area contributed by atoms with Gasteiger partial charge in [0.05, 0.1) is 10.7 Å². The van der Waals surface area contributed by atoms with E-state index in [0.29, 0.717) is 6.42 Å². The number of aryl methyl sites for hydroxylation is 1. The summed E-state index contributed by atoms with van der Waals surface area (Å²) in [5.74, 6) is 0.232. The predicted octanol–water partition coefficient (Wildman–Crippen LogP) is 3.85. The average Bonchev–Trinajstić information content (AvgIpc) is 3.13. The highest BCUT2D eigenvalue weighted by Crippen LogP contribution is 2.25. The minimum Gasteiger partial charge on any atom is -0.312 e. The van der Waals surface area contributed by atoms with Crippen molar-refractivity contribution in [3.05, 3.63) is 45.9 Å². The molecule has 2 aromatic rings. The lowest BCUT2D eigenvalue weighted by Gasteiger charge is -2.19. The number of carbonyl (C=O) groups is 1. The van der Waals surface area contributed by atoms with Gasteiger partial charge in [0, 0.05) is 36.6 Å². The van der Waals surface area contributed by atoms with Crippen LogP contribution in [0.15, 0.2) is 29.6 Å². The second-order valence-corrected chi connectivity index (χ2v) is 6.77. The van der Waals surface area contributed by atoms with Crippen LogP contribution in [-0.4, -0.2) is 17.4 Å². The number of amides is 1. The average molecular weight is 352 g/mol. The maximum Gasteiger partial charge on any atom is 0.227 e. The monoisotopic (exact) mass is 351 g/mol. The third kappa shape index (κ3) is 4.31. The van der Waals surface area contributed by atoms with Crippen molar-refractivity contribution in [2.24, 2.45) is 0 Å². The van der Waals surface area contributed by atoms with Crippen LogP contribution in [0.25, 0.3) is 0 Å². The summed E-state index contributed by atoms with van der Waals surface area (Å²) < 4.78 is 0. The topological polar surface area (TPSA) is 45.2 Å². The normalized spacial score (nSPS) is 15.6. The van der Waals surface area contributed by atoms with Gasteiger partial charge < -0.3 is 10.2 Å². The maximum absolute atomic E-state index is 11.9. The van der Waals surface area contributed by atoms with Gasteiger partial charge in [-0.25, -0.2) is 4.98 Å². The standard InChI is InChI=1S/C17H21N3OS.ClH/c1-12(18-10-15-11-22-13(2)19-15)14-5-3-6-16(9-14)20-8-4-7-17(20)21;/h3,5-6,9,11-12,18H,4,7-8,10H2,1-2H3;1H. The maximum atomic E-state index is 11.9. The Kier molecular flexibility index (Phi) is 6.16. The molecule has 0 radical (unpaired) electrons. The number of hydrogen-bond donors (Lipinski definition) is 1. The van der Waals surface area contributed by atoms with Gasteiger partial charge in [-0.15, -0.1) is 23.7 Å². The van der Waals surface area contributed by atoms with Crippen molar-refractivity contribution in [2.45, 2.75) is 39.3 Å². The quantitative estimate of drug-likeness (QED) is 0.889. The molecular weight excluding hydrogens is 330 g/mol. The number of aromatic nitrogens is 1. The summed E-state index contributed by atoms with van der Waals surface area (Å²) in [6.45, 7) is 5.76. The van der Waals surface area contributed by atoms with Crippen LogP contribution in [0.1, 0.15) is 42.1 Å². The first kappa shape index (κ1) is 17.9. The van der Waals surface area contributed by atoms with E-state index >= 15 is 0 Å². The molecular formula is C17H22ClN3OS. The van der Waals surface area contributed by atoms with Gasteiger partial charge in [0.1, 0.15) is 0 Å². The fraction of sp³-hybridized carbons (Fsp3) is 0.412. The molecule has 0 spiro atoms. The van der Waals surface area contributed by atoms with Crippen molar-refractivity contribution >= 4 is 35.3 Å². The van der Waals surface area contributed by atoms with Crippen LogP contribution < -0.4 is 10.2 Å². The molecule has 1 saturated heterocycles. The van der Waals surface area contributed by atoms with Crippen molar-refractivity contribution in [1.29, 1.82) is 0 Å². The van der Waals surface area contributed by atoms with Gasteiger partial charge in [0.25, 0.3) is 0 Å². The molecule has 6 heteroatoms. The van der Waals surface area contributed by atoms with Gasteiger partial charge in [0.2, 0.25) is 5.91 Å². The highest BCUT2D eigenvalue weighted by molar-refractivity contribution is 7.09. The molecule has 4 nitrogen and oxygen atoms in total. The van der Waals surface area contributed by atoms with E-state index < -0.39 is 0 Å². The smallest absolute Gasteiger partial charge is 0.227 e. The third-order valence-corrected chi connectivity index (χ3v) is 4.83. The number of halogens is 1. The summed E-state index contributed by atoms with van der Waals surface area (Å²) in [6.07, 6.45) is 1.63. The van der Waals surface area contributed by atoms with E-state index in [0.717, 1.165) is 35.9 Å². The Morgan fingerprint density at radius 3 is 2.91 bits per heavy atom. The highest BCUT2D eigenvalue weighted by Gasteiger charge is 2.22. The van der Waals surface area contributed by atoms with Gasteiger partial charge in [0.15, 0.2) is 0 Å². The minimum atomic E-state index is 0. The van der Waals surface area contributed by atoms with Crippen molar-refractivity contribution in [1.82, 2.24) is 10.3 Å². The molecule has 1 amide bonds. The van der Waals surface area contributed by atoms with Crippen molar-refractivity contribution in [3.8, 4) is 0 Å². The van der Waals surface area contributed by atoms with Crippen molar-refractivity contribution in [3.63, 3.8) is 0 Å². The summed E-state index contributed by atoms with van der Waals surface area (Å²) >= 11 is 1.68. The molecule has 1 aromatic carbocycles. The summed E-state index contributed by atoms with van der Waals surface area (Å²) in [5, 5.41) is 6.69. The Hall–Kier alpha value is -1.43. The number of carbonyl (C=O) groups excluding carboxylic acids is 1. The molecule has 0 saturated carbocycles. The second kappa shape index (κ2) is 7.90. The third-order valence-electron chi connectivity index (χ3n) is 4.01. The SMILES string of the molecule is Cc1nc(CNC(C)c2cccc(N3CCCC3=O)c2)cs1.Cl. The molecule has 1 aliphatic rings. The van der Waals surface area contributed by atoms with E-state index in [2.05, 4.69) is 34.7 Å². The molecule has 2 heterocycles. The zero-order chi connectivity index (χ0) is 15.5. The second-order valence-electron chi connectivity index (χ2n) is 5.70. The van der Waals surface area contributed by atoms with E-state index in [1.807, 2.05) is 24.0 Å². The lowest BCUT2D eigenvalue weighted by Crippen LogP contribution is -2.24. The molecule has 1 aromatic heterocycles. The Morgan fingerprint density at radius 2 is 2.26 bits per heavy atom. The zero-order valence-electron chi connectivity index (χ0n) is 13.4. The predicted molar refractivity (Wildman–Crippen MR) is 97.4 cm³/mol. The highest BCUT2D eigenvalue weighted by atomic mass is 35.5. The summed E-state index contributed by atoms with van der Waals surface area (Å²) in [4.78, 5) is 18.2. The van der Waals surface area contributed by atoms with E-state index in [1.165, 1.54) is 5.56 Å². The molecule has 1 aliphatic heterocycles. The fourth-order valence-electron chi connectivity index (χ4n) is 2.75. The van der Waals surface area contributed by atoms with Crippen LogP contribution in [0.5, 0.6) is 0 Å². The summed E-state index contributed by atoms with van der Waals surface area (Å²) in [6, 6.07) is 8.49. The number of rotatable bonds is 5. The Balaban J connectivity index is 0.00000192. The van der Waals surface area contributed by atoms with Crippen molar-refractivity contribution in [2.75, 3.05) is 11.4 Å². The number of nitrogens with one attached hydrogen (secondary N) is 1. The first-order chi connectivity index (χ1) is 10.6. The van der Waals surface area contributed by atoms with Gasteiger partial charge in [-0.2, -0.15) is 0 Å². The number of nitrogens with zero attached hydrogens (tertiary/aromatic N) is 2. The van der Waals surface area contributed by atoms with Crippen LogP contribution in [0.3, 0.4) is 0 Å². The largest absolute Gasteiger partial charge is 0.312 e. The number of anilines is 1. The van der Waals surface area contributed by atoms with E-state index in [1.54, 1.807) is 11.3 Å². The Morgan fingerprint density at radius 1 is 1.43 bits per heavy atom. The van der Waals surface area contributed by atoms with Crippen molar-refractivity contribution < 1.29 is 4.79 Å². The number of hydrogen-bond acceptors (Lipinski definition) is 4. The Bertz CT molecular complexity index is 673. The Labute approximate surface area is 147 Å². The zero-order valence-corrected chi connectivity index (χ0v) is 15.0. The first-order valence-corrected chi connectivity index (χ1v) is 8.56. The van der Waals surface area contributed by atoms with E-state index in [-0.39, 0.29) is 24.4 Å². The molecule has 124 valence electrons. The molecule has 1 atom stereocenters. The molecule has 1 N–H and O–H groups in total. The van der Waals surface area contributed by atoms with Crippen LogP contribution in [0, 0.1) is 6.92 Å². The van der Waals surface area contributed by atoms with E-state index in [9.17, 15) is 4.79 Å². The van der Waals surface area contributed by atoms with Crippen LogP contribution >= 0.6 is 23.7 Å². The minimum absolute atomic E-state index is 0. The lowest BCUT2D eigenvalue weighted by molar-refractivity contribution is -0.117. The van der Waals surface area contributed by atoms with Gasteiger partial charge in [-0.05, 0) is 38.0 Å². The molecule has 1 unspecified atom stereocenters. The number of thiazole rings is 1. The molecule has 3 rings (SSSR count). The van der Waals surface area contributed by atoms with Gasteiger partial charge in [-0.1, -0.05) is 12.1 Å². The molecule has 0 aliphatic carbocycles. The van der Waals surface area contributed by atoms with Gasteiger partial charge >= 0.3 is 0 Å². The van der Waals surface area contributed by atoms with Crippen LogP contribution in [0.2, 0.25) is 0 Å². The first-order valence-electron chi connectivity index (χ1n) is 7.68. The van der Waals surface area contributed by atoms with Crippen LogP contribution in [-0.2, 0) is 11.3 Å². The van der Waals surface area contributed by atoms with E-state index in [4.69, 9.17) is 0 Å². The van der Waals surface area contributed by atoms with Crippen LogP contribution in [0.4, 0.5) is 5.69 Å².